The monoisotopic (exact) mass is 433 g/mol. The molecule has 0 N–H and O–H groups in total. The molecular formula is C26H27NO5. The first-order valence-electron chi connectivity index (χ1n) is 10.6. The van der Waals surface area contributed by atoms with Gasteiger partial charge in [-0.25, -0.2) is 9.59 Å². The van der Waals surface area contributed by atoms with Gasteiger partial charge in [-0.05, 0) is 37.1 Å². The fraction of sp³-hybridized carbons (Fsp3) is 0.308. The SMILES string of the molecule is COC(=O)C1OC(c2cccc3ccccc23)N(C(=O)OC(C)(C)C)C1c1ccccc1. The van der Waals surface area contributed by atoms with E-state index in [1.54, 1.807) is 0 Å². The van der Waals surface area contributed by atoms with Gasteiger partial charge in [-0.1, -0.05) is 72.8 Å². The number of ether oxygens (including phenoxy) is 3. The topological polar surface area (TPSA) is 65.1 Å². The van der Waals surface area contributed by atoms with E-state index in [-0.39, 0.29) is 0 Å². The molecule has 1 fully saturated rings. The molecule has 3 aromatic carbocycles. The molecule has 0 saturated carbocycles. The van der Waals surface area contributed by atoms with Gasteiger partial charge in [0.1, 0.15) is 11.6 Å². The number of hydrogen-bond acceptors (Lipinski definition) is 5. The van der Waals surface area contributed by atoms with Crippen LogP contribution < -0.4 is 0 Å². The Balaban J connectivity index is 1.89. The number of carbonyl (C=O) groups excluding carboxylic acids is 2. The van der Waals surface area contributed by atoms with E-state index < -0.39 is 36.0 Å². The van der Waals surface area contributed by atoms with E-state index in [9.17, 15) is 9.59 Å². The van der Waals surface area contributed by atoms with E-state index in [4.69, 9.17) is 14.2 Å². The van der Waals surface area contributed by atoms with Gasteiger partial charge < -0.3 is 14.2 Å². The molecule has 4 rings (SSSR count). The predicted octanol–water partition coefficient (Wildman–Crippen LogP) is 5.39. The molecule has 1 amide bonds. The fourth-order valence-corrected chi connectivity index (χ4v) is 4.07. The van der Waals surface area contributed by atoms with Gasteiger partial charge in [0.2, 0.25) is 0 Å². The number of fused-ring (bicyclic) bond motifs is 1. The van der Waals surface area contributed by atoms with Gasteiger partial charge in [-0.2, -0.15) is 0 Å². The molecule has 0 radical (unpaired) electrons. The molecule has 1 aliphatic rings. The van der Waals surface area contributed by atoms with Crippen molar-refractivity contribution in [3.8, 4) is 0 Å². The largest absolute Gasteiger partial charge is 0.467 e. The maximum Gasteiger partial charge on any atom is 0.413 e. The molecule has 3 atom stereocenters. The van der Waals surface area contributed by atoms with Crippen molar-refractivity contribution in [1.29, 1.82) is 0 Å². The third-order valence-corrected chi connectivity index (χ3v) is 5.38. The van der Waals surface area contributed by atoms with Crippen LogP contribution in [0, 0.1) is 0 Å². The van der Waals surface area contributed by atoms with Gasteiger partial charge in [0.25, 0.3) is 0 Å². The van der Waals surface area contributed by atoms with Crippen LogP contribution in [0.1, 0.15) is 44.2 Å². The summed E-state index contributed by atoms with van der Waals surface area (Å²) in [7, 11) is 1.32. The van der Waals surface area contributed by atoms with Crippen LogP contribution in [0.25, 0.3) is 10.8 Å². The minimum atomic E-state index is -1.00. The van der Waals surface area contributed by atoms with Gasteiger partial charge in [-0.3, -0.25) is 4.90 Å². The molecule has 0 aromatic heterocycles. The standard InChI is InChI=1S/C26H27NO5/c1-26(2,3)32-25(29)27-21(18-12-6-5-7-13-18)22(24(28)30-4)31-23(27)20-16-10-14-17-11-8-9-15-19(17)20/h5-16,21-23H,1-4H3. The Morgan fingerprint density at radius 1 is 0.906 bits per heavy atom. The van der Waals surface area contributed by atoms with E-state index in [2.05, 4.69) is 0 Å². The number of carbonyl (C=O) groups is 2. The maximum atomic E-state index is 13.5. The van der Waals surface area contributed by atoms with Crippen LogP contribution in [-0.2, 0) is 19.0 Å². The quantitative estimate of drug-likeness (QED) is 0.518. The first-order chi connectivity index (χ1) is 15.3. The highest BCUT2D eigenvalue weighted by atomic mass is 16.6. The molecular weight excluding hydrogens is 406 g/mol. The molecule has 1 aliphatic heterocycles. The summed E-state index contributed by atoms with van der Waals surface area (Å²) in [5.41, 5.74) is 0.822. The van der Waals surface area contributed by atoms with E-state index >= 15 is 0 Å². The second kappa shape index (κ2) is 8.63. The first kappa shape index (κ1) is 21.8. The minimum Gasteiger partial charge on any atom is -0.467 e. The van der Waals surface area contributed by atoms with Gasteiger partial charge in [0.15, 0.2) is 12.3 Å². The van der Waals surface area contributed by atoms with Crippen LogP contribution in [0.5, 0.6) is 0 Å². The lowest BCUT2D eigenvalue weighted by Crippen LogP contribution is -2.40. The molecule has 32 heavy (non-hydrogen) atoms. The molecule has 3 aromatic rings. The average molecular weight is 434 g/mol. The smallest absolute Gasteiger partial charge is 0.413 e. The van der Waals surface area contributed by atoms with E-state index in [1.165, 1.54) is 12.0 Å². The molecule has 0 aliphatic carbocycles. The summed E-state index contributed by atoms with van der Waals surface area (Å²) in [5, 5.41) is 1.95. The van der Waals surface area contributed by atoms with Crippen molar-refractivity contribution in [1.82, 2.24) is 4.90 Å². The van der Waals surface area contributed by atoms with Crippen molar-refractivity contribution < 1.29 is 23.8 Å². The van der Waals surface area contributed by atoms with Crippen LogP contribution in [0.3, 0.4) is 0 Å². The second-order valence-electron chi connectivity index (χ2n) is 8.74. The average Bonchev–Trinajstić information content (AvgIpc) is 3.18. The number of amides is 1. The molecule has 6 heteroatoms. The molecule has 1 saturated heterocycles. The summed E-state index contributed by atoms with van der Waals surface area (Å²) in [4.78, 5) is 27.8. The van der Waals surface area contributed by atoms with Crippen molar-refractivity contribution in [2.24, 2.45) is 0 Å². The number of nitrogens with zero attached hydrogens (tertiary/aromatic N) is 1. The zero-order valence-electron chi connectivity index (χ0n) is 18.6. The first-order valence-corrected chi connectivity index (χ1v) is 10.6. The van der Waals surface area contributed by atoms with Crippen LogP contribution in [0.4, 0.5) is 4.79 Å². The Labute approximate surface area is 187 Å². The molecule has 3 unspecified atom stereocenters. The van der Waals surface area contributed by atoms with Crippen molar-refractivity contribution in [3.05, 3.63) is 83.9 Å². The van der Waals surface area contributed by atoms with Crippen LogP contribution >= 0.6 is 0 Å². The lowest BCUT2D eigenvalue weighted by molar-refractivity contribution is -0.154. The summed E-state index contributed by atoms with van der Waals surface area (Å²) in [6.45, 7) is 5.43. The second-order valence-corrected chi connectivity index (χ2v) is 8.74. The van der Waals surface area contributed by atoms with Gasteiger partial charge in [0, 0.05) is 5.56 Å². The van der Waals surface area contributed by atoms with Gasteiger partial charge in [0.05, 0.1) is 7.11 Å². The van der Waals surface area contributed by atoms with Crippen molar-refractivity contribution >= 4 is 22.8 Å². The minimum absolute atomic E-state index is 0.546. The number of rotatable bonds is 3. The molecule has 166 valence electrons. The highest BCUT2D eigenvalue weighted by molar-refractivity contribution is 5.87. The van der Waals surface area contributed by atoms with Gasteiger partial charge >= 0.3 is 12.1 Å². The molecule has 0 bridgehead atoms. The Morgan fingerprint density at radius 2 is 1.56 bits per heavy atom. The third kappa shape index (κ3) is 4.18. The summed E-state index contributed by atoms with van der Waals surface area (Å²) < 4.78 is 17.1. The van der Waals surface area contributed by atoms with Crippen molar-refractivity contribution in [2.75, 3.05) is 7.11 Å². The lowest BCUT2D eigenvalue weighted by atomic mass is 9.99. The Bertz CT molecular complexity index is 1120. The number of methoxy groups -OCH3 is 1. The molecule has 6 nitrogen and oxygen atoms in total. The summed E-state index contributed by atoms with van der Waals surface area (Å²) in [5.74, 6) is -0.546. The third-order valence-electron chi connectivity index (χ3n) is 5.38. The van der Waals surface area contributed by atoms with E-state index in [0.717, 1.165) is 21.9 Å². The highest BCUT2D eigenvalue weighted by Crippen LogP contribution is 2.45. The Kier molecular flexibility index (Phi) is 5.89. The van der Waals surface area contributed by atoms with Crippen LogP contribution in [0.15, 0.2) is 72.8 Å². The Hall–Kier alpha value is -3.38. The Morgan fingerprint density at radius 3 is 2.25 bits per heavy atom. The van der Waals surface area contributed by atoms with E-state index in [0.29, 0.717) is 0 Å². The summed E-state index contributed by atoms with van der Waals surface area (Å²) in [6, 6.07) is 22.3. The van der Waals surface area contributed by atoms with Crippen LogP contribution in [-0.4, -0.2) is 35.8 Å². The predicted molar refractivity (Wildman–Crippen MR) is 121 cm³/mol. The molecule has 0 spiro atoms. The van der Waals surface area contributed by atoms with Crippen LogP contribution in [0.2, 0.25) is 0 Å². The summed E-state index contributed by atoms with van der Waals surface area (Å²) >= 11 is 0. The highest BCUT2D eigenvalue weighted by Gasteiger charge is 2.51. The summed E-state index contributed by atoms with van der Waals surface area (Å²) in [6.07, 6.45) is -2.39. The van der Waals surface area contributed by atoms with Gasteiger partial charge in [-0.15, -0.1) is 0 Å². The number of benzene rings is 3. The normalized spacial score (nSPS) is 20.9. The lowest BCUT2D eigenvalue weighted by Gasteiger charge is -2.32. The maximum absolute atomic E-state index is 13.5. The zero-order chi connectivity index (χ0) is 22.9. The number of hydrogen-bond donors (Lipinski definition) is 0. The van der Waals surface area contributed by atoms with E-state index in [1.807, 2.05) is 93.6 Å². The number of esters is 1. The fourth-order valence-electron chi connectivity index (χ4n) is 4.07. The van der Waals surface area contributed by atoms with Crippen molar-refractivity contribution in [2.45, 2.75) is 44.7 Å². The molecule has 1 heterocycles. The zero-order valence-corrected chi connectivity index (χ0v) is 18.6. The van der Waals surface area contributed by atoms with Crippen molar-refractivity contribution in [3.63, 3.8) is 0 Å².